The highest BCUT2D eigenvalue weighted by molar-refractivity contribution is 7.91. The zero-order valence-electron chi connectivity index (χ0n) is 12.6. The van der Waals surface area contributed by atoms with Crippen molar-refractivity contribution >= 4 is 27.3 Å². The fraction of sp³-hybridized carbons (Fsp3) is 0.385. The maximum Gasteiger partial charge on any atom is 0.311 e. The largest absolute Gasteiger partial charge is 0.490 e. The lowest BCUT2D eigenvalue weighted by Crippen LogP contribution is -2.44. The van der Waals surface area contributed by atoms with Crippen molar-refractivity contribution in [2.45, 2.75) is 6.42 Å². The number of carbonyl (C=O) groups excluding carboxylic acids is 2. The first-order valence-electron chi connectivity index (χ1n) is 6.86. The molecular formula is C13H15N3O7S. The number of nitro groups is 1. The van der Waals surface area contributed by atoms with Crippen LogP contribution in [0.3, 0.4) is 0 Å². The van der Waals surface area contributed by atoms with Crippen LogP contribution in [0.15, 0.2) is 18.2 Å². The normalized spacial score (nSPS) is 18.6. The first kappa shape index (κ1) is 17.7. The zero-order valence-corrected chi connectivity index (χ0v) is 13.5. The molecule has 0 aliphatic carbocycles. The average molecular weight is 357 g/mol. The van der Waals surface area contributed by atoms with Crippen molar-refractivity contribution in [3.63, 3.8) is 0 Å². The van der Waals surface area contributed by atoms with Crippen LogP contribution < -0.4 is 15.6 Å². The van der Waals surface area contributed by atoms with Gasteiger partial charge < -0.3 is 4.74 Å². The monoisotopic (exact) mass is 357 g/mol. The molecule has 2 N–H and O–H groups in total. The van der Waals surface area contributed by atoms with E-state index in [1.54, 1.807) is 0 Å². The van der Waals surface area contributed by atoms with Crippen LogP contribution in [0, 0.1) is 16.0 Å². The zero-order chi connectivity index (χ0) is 17.9. The summed E-state index contributed by atoms with van der Waals surface area (Å²) in [4.78, 5) is 34.0. The standard InChI is InChI=1S/C13H15N3O7S/c1-23-11-3-2-8(6-10(11)16(19)20)12(17)14-15-13(18)9-4-5-24(21,22)7-9/h2-3,6,9H,4-5,7H2,1H3,(H,14,17)(H,15,18)/t9-/m0/s1. The Labute approximate surface area is 137 Å². The second-order valence-electron chi connectivity index (χ2n) is 5.19. The summed E-state index contributed by atoms with van der Waals surface area (Å²) in [6.07, 6.45) is 0.193. The average Bonchev–Trinajstić information content (AvgIpc) is 2.91. The molecule has 130 valence electrons. The maximum absolute atomic E-state index is 12.0. The molecule has 2 rings (SSSR count). The van der Waals surface area contributed by atoms with E-state index in [9.17, 15) is 28.1 Å². The number of nitro benzene ring substituents is 1. The second-order valence-corrected chi connectivity index (χ2v) is 7.42. The maximum atomic E-state index is 12.0. The van der Waals surface area contributed by atoms with Gasteiger partial charge in [-0.2, -0.15) is 0 Å². The number of rotatable bonds is 4. The second kappa shape index (κ2) is 6.83. The number of ether oxygens (including phenoxy) is 1. The third kappa shape index (κ3) is 3.98. The van der Waals surface area contributed by atoms with Gasteiger partial charge in [0.15, 0.2) is 15.6 Å². The molecule has 0 aromatic heterocycles. The van der Waals surface area contributed by atoms with Gasteiger partial charge in [-0.05, 0) is 18.6 Å². The Morgan fingerprint density at radius 3 is 2.58 bits per heavy atom. The molecule has 1 aromatic carbocycles. The van der Waals surface area contributed by atoms with E-state index in [2.05, 4.69) is 10.9 Å². The van der Waals surface area contributed by atoms with Gasteiger partial charge in [0.25, 0.3) is 5.91 Å². The summed E-state index contributed by atoms with van der Waals surface area (Å²) in [5.74, 6) is -2.44. The Bertz CT molecular complexity index is 791. The van der Waals surface area contributed by atoms with Crippen molar-refractivity contribution in [2.75, 3.05) is 18.6 Å². The first-order chi connectivity index (χ1) is 11.2. The van der Waals surface area contributed by atoms with Gasteiger partial charge in [-0.15, -0.1) is 0 Å². The van der Waals surface area contributed by atoms with E-state index in [1.165, 1.54) is 19.2 Å². The van der Waals surface area contributed by atoms with Gasteiger partial charge in [0, 0.05) is 11.6 Å². The number of nitrogens with zero attached hydrogens (tertiary/aromatic N) is 1. The van der Waals surface area contributed by atoms with Crippen molar-refractivity contribution in [1.82, 2.24) is 10.9 Å². The summed E-state index contributed by atoms with van der Waals surface area (Å²) in [5.41, 5.74) is 3.80. The number of hydrazine groups is 1. The molecule has 2 amide bonds. The molecule has 0 unspecified atom stereocenters. The Kier molecular flexibility index (Phi) is 5.02. The predicted molar refractivity (Wildman–Crippen MR) is 82.0 cm³/mol. The van der Waals surface area contributed by atoms with Crippen LogP contribution in [0.4, 0.5) is 5.69 Å². The van der Waals surface area contributed by atoms with E-state index >= 15 is 0 Å². The van der Waals surface area contributed by atoms with E-state index in [1.807, 2.05) is 0 Å². The van der Waals surface area contributed by atoms with Crippen LogP contribution in [0.25, 0.3) is 0 Å². The van der Waals surface area contributed by atoms with E-state index in [-0.39, 0.29) is 29.2 Å². The van der Waals surface area contributed by atoms with E-state index < -0.39 is 38.2 Å². The Balaban J connectivity index is 2.01. The molecule has 24 heavy (non-hydrogen) atoms. The van der Waals surface area contributed by atoms with Gasteiger partial charge in [-0.25, -0.2) is 8.42 Å². The lowest BCUT2D eigenvalue weighted by molar-refractivity contribution is -0.385. The van der Waals surface area contributed by atoms with Gasteiger partial charge in [0.1, 0.15) is 0 Å². The van der Waals surface area contributed by atoms with Crippen molar-refractivity contribution in [2.24, 2.45) is 5.92 Å². The minimum absolute atomic E-state index is 0.00301. The molecule has 1 atom stereocenters. The van der Waals surface area contributed by atoms with Crippen molar-refractivity contribution < 1.29 is 27.7 Å². The lowest BCUT2D eigenvalue weighted by atomic mass is 10.1. The number of amides is 2. The topological polar surface area (TPSA) is 145 Å². The number of sulfone groups is 1. The molecule has 1 aliphatic rings. The number of nitrogens with one attached hydrogen (secondary N) is 2. The highest BCUT2D eigenvalue weighted by Crippen LogP contribution is 2.27. The Hall–Kier alpha value is -2.69. The van der Waals surface area contributed by atoms with Crippen LogP contribution in [-0.2, 0) is 14.6 Å². The van der Waals surface area contributed by atoms with Gasteiger partial charge >= 0.3 is 5.69 Å². The molecule has 1 aromatic rings. The molecule has 0 spiro atoms. The minimum Gasteiger partial charge on any atom is -0.490 e. The van der Waals surface area contributed by atoms with Crippen LogP contribution in [-0.4, -0.2) is 43.8 Å². The highest BCUT2D eigenvalue weighted by atomic mass is 32.2. The fourth-order valence-electron chi connectivity index (χ4n) is 2.27. The summed E-state index contributed by atoms with van der Waals surface area (Å²) < 4.78 is 27.5. The van der Waals surface area contributed by atoms with Gasteiger partial charge in [-0.3, -0.25) is 30.6 Å². The van der Waals surface area contributed by atoms with Gasteiger partial charge in [0.05, 0.1) is 29.5 Å². The van der Waals surface area contributed by atoms with Crippen LogP contribution >= 0.6 is 0 Å². The highest BCUT2D eigenvalue weighted by Gasteiger charge is 2.33. The third-order valence-electron chi connectivity index (χ3n) is 3.54. The van der Waals surface area contributed by atoms with E-state index in [4.69, 9.17) is 4.74 Å². The van der Waals surface area contributed by atoms with E-state index in [0.717, 1.165) is 6.07 Å². The molecule has 11 heteroatoms. The minimum atomic E-state index is -3.22. The molecule has 1 aliphatic heterocycles. The van der Waals surface area contributed by atoms with Crippen LogP contribution in [0.1, 0.15) is 16.8 Å². The Morgan fingerprint density at radius 2 is 2.04 bits per heavy atom. The summed E-state index contributed by atoms with van der Waals surface area (Å²) in [5, 5.41) is 10.9. The molecule has 0 radical (unpaired) electrons. The third-order valence-corrected chi connectivity index (χ3v) is 5.31. The van der Waals surface area contributed by atoms with E-state index in [0.29, 0.717) is 0 Å². The van der Waals surface area contributed by atoms with Crippen LogP contribution in [0.2, 0.25) is 0 Å². The van der Waals surface area contributed by atoms with Gasteiger partial charge in [0.2, 0.25) is 5.91 Å². The molecular weight excluding hydrogens is 342 g/mol. The molecule has 0 saturated carbocycles. The predicted octanol–water partition coefficient (Wildman–Crippen LogP) is -0.201. The summed E-state index contributed by atoms with van der Waals surface area (Å²) in [6, 6.07) is 3.58. The molecule has 1 heterocycles. The van der Waals surface area contributed by atoms with Crippen molar-refractivity contribution in [3.8, 4) is 5.75 Å². The molecule has 10 nitrogen and oxygen atoms in total. The SMILES string of the molecule is COc1ccc(C(=O)NNC(=O)[C@H]2CCS(=O)(=O)C2)cc1[N+](=O)[O-]. The number of carbonyl (C=O) groups is 2. The number of benzene rings is 1. The summed E-state index contributed by atoms with van der Waals surface area (Å²) >= 11 is 0. The summed E-state index contributed by atoms with van der Waals surface area (Å²) in [6.45, 7) is 0. The molecule has 1 fully saturated rings. The smallest absolute Gasteiger partial charge is 0.311 e. The quantitative estimate of drug-likeness (QED) is 0.560. The number of hydrogen-bond acceptors (Lipinski definition) is 7. The Morgan fingerprint density at radius 1 is 1.33 bits per heavy atom. The lowest BCUT2D eigenvalue weighted by Gasteiger charge is -2.11. The fourth-order valence-corrected chi connectivity index (χ4v) is 4.01. The number of hydrogen-bond donors (Lipinski definition) is 2. The molecule has 1 saturated heterocycles. The first-order valence-corrected chi connectivity index (χ1v) is 8.68. The number of methoxy groups -OCH3 is 1. The van der Waals surface area contributed by atoms with Crippen molar-refractivity contribution in [1.29, 1.82) is 0 Å². The molecule has 0 bridgehead atoms. The summed E-state index contributed by atoms with van der Waals surface area (Å²) in [7, 11) is -1.95. The van der Waals surface area contributed by atoms with Crippen LogP contribution in [0.5, 0.6) is 5.75 Å². The van der Waals surface area contributed by atoms with Gasteiger partial charge in [-0.1, -0.05) is 0 Å². The van der Waals surface area contributed by atoms with Crippen molar-refractivity contribution in [3.05, 3.63) is 33.9 Å².